The Hall–Kier alpha value is -2.70. The summed E-state index contributed by atoms with van der Waals surface area (Å²) in [7, 11) is 0. The Morgan fingerprint density at radius 2 is 1.89 bits per heavy atom. The Labute approximate surface area is 159 Å². The highest BCUT2D eigenvalue weighted by Crippen LogP contribution is 2.20. The first-order chi connectivity index (χ1) is 12.8. The molecular weight excluding hydrogens is 346 g/mol. The van der Waals surface area contributed by atoms with Crippen molar-refractivity contribution in [2.45, 2.75) is 64.3 Å². The summed E-state index contributed by atoms with van der Waals surface area (Å²) in [6.07, 6.45) is 1.77. The fourth-order valence-corrected chi connectivity index (χ4v) is 2.60. The molecule has 0 saturated carbocycles. The summed E-state index contributed by atoms with van der Waals surface area (Å²) in [4.78, 5) is 27.5. The van der Waals surface area contributed by atoms with E-state index in [1.165, 1.54) is 0 Å². The molecule has 0 bridgehead atoms. The highest BCUT2D eigenvalue weighted by molar-refractivity contribution is 5.76. The molecule has 1 amide bonds. The summed E-state index contributed by atoms with van der Waals surface area (Å²) in [6, 6.07) is 9.09. The maximum absolute atomic E-state index is 12.3. The molecule has 1 unspecified atom stereocenters. The predicted molar refractivity (Wildman–Crippen MR) is 100 cm³/mol. The zero-order valence-corrected chi connectivity index (χ0v) is 16.1. The predicted octanol–water partition coefficient (Wildman–Crippen LogP) is 3.41. The molecule has 0 aliphatic rings. The first-order valence-corrected chi connectivity index (χ1v) is 9.15. The van der Waals surface area contributed by atoms with Crippen LogP contribution in [0.1, 0.15) is 69.8 Å². The van der Waals surface area contributed by atoms with Gasteiger partial charge in [-0.2, -0.15) is 4.98 Å². The Balaban J connectivity index is 1.86. The molecule has 1 heterocycles. The minimum Gasteiger partial charge on any atom is -0.481 e. The van der Waals surface area contributed by atoms with Crippen molar-refractivity contribution in [3.63, 3.8) is 0 Å². The quantitative estimate of drug-likeness (QED) is 0.698. The van der Waals surface area contributed by atoms with E-state index < -0.39 is 5.97 Å². The topological polar surface area (TPSA) is 105 Å². The lowest BCUT2D eigenvalue weighted by molar-refractivity contribution is -0.137. The molecule has 1 atom stereocenters. The Kier molecular flexibility index (Phi) is 7.10. The molecule has 0 fully saturated rings. The van der Waals surface area contributed by atoms with Gasteiger partial charge in [-0.05, 0) is 18.4 Å². The van der Waals surface area contributed by atoms with Gasteiger partial charge in [-0.3, -0.25) is 9.59 Å². The van der Waals surface area contributed by atoms with E-state index in [0.717, 1.165) is 5.56 Å². The number of carboxylic acids is 1. The number of carbonyl (C=O) groups excluding carboxylic acids is 1. The monoisotopic (exact) mass is 373 g/mol. The van der Waals surface area contributed by atoms with E-state index in [9.17, 15) is 9.59 Å². The molecule has 1 aromatic carbocycles. The van der Waals surface area contributed by atoms with Crippen LogP contribution in [0.3, 0.4) is 0 Å². The van der Waals surface area contributed by atoms with Gasteiger partial charge in [0.15, 0.2) is 5.82 Å². The molecular formula is C20H27N3O4. The fraction of sp³-hybridized carbons (Fsp3) is 0.500. The zero-order valence-electron chi connectivity index (χ0n) is 16.1. The average molecular weight is 373 g/mol. The van der Waals surface area contributed by atoms with Gasteiger partial charge in [-0.1, -0.05) is 56.3 Å². The summed E-state index contributed by atoms with van der Waals surface area (Å²) in [6.45, 7) is 6.03. The highest BCUT2D eigenvalue weighted by Gasteiger charge is 2.21. The van der Waals surface area contributed by atoms with Crippen molar-refractivity contribution in [3.8, 4) is 0 Å². The number of benzene rings is 1. The minimum absolute atomic E-state index is 0.00257. The van der Waals surface area contributed by atoms with Crippen LogP contribution in [-0.4, -0.2) is 27.1 Å². The molecule has 7 heteroatoms. The van der Waals surface area contributed by atoms with E-state index in [-0.39, 0.29) is 23.8 Å². The second kappa shape index (κ2) is 9.30. The van der Waals surface area contributed by atoms with Crippen molar-refractivity contribution in [2.24, 2.45) is 0 Å². The van der Waals surface area contributed by atoms with Gasteiger partial charge in [0.1, 0.15) is 0 Å². The number of rotatable bonds is 9. The summed E-state index contributed by atoms with van der Waals surface area (Å²) < 4.78 is 5.23. The number of carboxylic acid groups (broad SMARTS) is 1. The molecule has 2 N–H and O–H groups in total. The molecule has 146 valence electrons. The van der Waals surface area contributed by atoms with Crippen LogP contribution in [0.5, 0.6) is 0 Å². The number of hydrogen-bond acceptors (Lipinski definition) is 5. The highest BCUT2D eigenvalue weighted by atomic mass is 16.5. The maximum Gasteiger partial charge on any atom is 0.303 e. The Bertz CT molecular complexity index is 750. The third kappa shape index (κ3) is 6.84. The van der Waals surface area contributed by atoms with Crippen molar-refractivity contribution < 1.29 is 19.2 Å². The van der Waals surface area contributed by atoms with E-state index in [2.05, 4.69) is 15.5 Å². The third-order valence-electron chi connectivity index (χ3n) is 4.12. The smallest absolute Gasteiger partial charge is 0.303 e. The second-order valence-electron chi connectivity index (χ2n) is 7.58. The van der Waals surface area contributed by atoms with Crippen LogP contribution in [0.25, 0.3) is 0 Å². The lowest BCUT2D eigenvalue weighted by Crippen LogP contribution is -2.28. The van der Waals surface area contributed by atoms with Crippen LogP contribution >= 0.6 is 0 Å². The van der Waals surface area contributed by atoms with Crippen LogP contribution in [0.4, 0.5) is 0 Å². The van der Waals surface area contributed by atoms with Crippen molar-refractivity contribution in [2.75, 3.05) is 0 Å². The van der Waals surface area contributed by atoms with Crippen LogP contribution in [0, 0.1) is 0 Å². The van der Waals surface area contributed by atoms with Gasteiger partial charge in [0.25, 0.3) is 0 Å². The second-order valence-corrected chi connectivity index (χ2v) is 7.58. The SMILES string of the molecule is CC(C)(C)c1noc(CCCC(=O)NC(CCC(=O)O)c2ccccc2)n1. The van der Waals surface area contributed by atoms with Crippen LogP contribution in [0.2, 0.25) is 0 Å². The largest absolute Gasteiger partial charge is 0.481 e. The van der Waals surface area contributed by atoms with Gasteiger partial charge in [0.2, 0.25) is 11.8 Å². The summed E-state index contributed by atoms with van der Waals surface area (Å²) in [5, 5.41) is 15.8. The number of aryl methyl sites for hydroxylation is 1. The van der Waals surface area contributed by atoms with E-state index in [4.69, 9.17) is 9.63 Å². The molecule has 1 aromatic heterocycles. The Morgan fingerprint density at radius 3 is 2.48 bits per heavy atom. The summed E-state index contributed by atoms with van der Waals surface area (Å²) in [5.41, 5.74) is 0.727. The molecule has 2 aromatic rings. The summed E-state index contributed by atoms with van der Waals surface area (Å²) >= 11 is 0. The first kappa shape index (κ1) is 20.6. The number of aliphatic carboxylic acids is 1. The Morgan fingerprint density at radius 1 is 1.19 bits per heavy atom. The molecule has 2 rings (SSSR count). The summed E-state index contributed by atoms with van der Waals surface area (Å²) in [5.74, 6) is 0.180. The van der Waals surface area contributed by atoms with Crippen molar-refractivity contribution >= 4 is 11.9 Å². The lowest BCUT2D eigenvalue weighted by atomic mass is 9.96. The van der Waals surface area contributed by atoms with Crippen LogP contribution < -0.4 is 5.32 Å². The fourth-order valence-electron chi connectivity index (χ4n) is 2.60. The molecule has 0 radical (unpaired) electrons. The van der Waals surface area contributed by atoms with Gasteiger partial charge in [-0.25, -0.2) is 0 Å². The number of nitrogens with one attached hydrogen (secondary N) is 1. The van der Waals surface area contributed by atoms with Gasteiger partial charge in [-0.15, -0.1) is 0 Å². The molecule has 7 nitrogen and oxygen atoms in total. The van der Waals surface area contributed by atoms with E-state index in [1.54, 1.807) is 0 Å². The van der Waals surface area contributed by atoms with Gasteiger partial charge >= 0.3 is 5.97 Å². The standard InChI is InChI=1S/C20H27N3O4/c1-20(2,3)19-22-17(27-23-19)11-7-10-16(24)21-15(12-13-18(25)26)14-8-5-4-6-9-14/h4-6,8-9,15H,7,10-13H2,1-3H3,(H,21,24)(H,25,26). The molecule has 0 aliphatic carbocycles. The number of nitrogens with zero attached hydrogens (tertiary/aromatic N) is 2. The van der Waals surface area contributed by atoms with Crippen LogP contribution in [-0.2, 0) is 21.4 Å². The van der Waals surface area contributed by atoms with E-state index in [1.807, 2.05) is 51.1 Å². The van der Waals surface area contributed by atoms with Crippen LogP contribution in [0.15, 0.2) is 34.9 Å². The van der Waals surface area contributed by atoms with Gasteiger partial charge in [0.05, 0.1) is 6.04 Å². The number of aromatic nitrogens is 2. The van der Waals surface area contributed by atoms with Crippen molar-refractivity contribution in [1.29, 1.82) is 0 Å². The number of amides is 1. The normalized spacial score (nSPS) is 12.6. The molecule has 0 saturated heterocycles. The van der Waals surface area contributed by atoms with E-state index in [0.29, 0.717) is 37.4 Å². The molecule has 0 aliphatic heterocycles. The lowest BCUT2D eigenvalue weighted by Gasteiger charge is -2.18. The zero-order chi connectivity index (χ0) is 19.9. The van der Waals surface area contributed by atoms with Gasteiger partial charge in [0, 0.05) is 24.7 Å². The van der Waals surface area contributed by atoms with Crippen molar-refractivity contribution in [3.05, 3.63) is 47.6 Å². The first-order valence-electron chi connectivity index (χ1n) is 9.15. The van der Waals surface area contributed by atoms with Crippen molar-refractivity contribution in [1.82, 2.24) is 15.5 Å². The number of hydrogen-bond donors (Lipinski definition) is 2. The molecule has 27 heavy (non-hydrogen) atoms. The average Bonchev–Trinajstić information content (AvgIpc) is 3.08. The molecule has 0 spiro atoms. The number of carbonyl (C=O) groups is 2. The minimum atomic E-state index is -0.878. The third-order valence-corrected chi connectivity index (χ3v) is 4.12. The van der Waals surface area contributed by atoms with Gasteiger partial charge < -0.3 is 14.9 Å². The van der Waals surface area contributed by atoms with E-state index >= 15 is 0 Å². The maximum atomic E-state index is 12.3.